The van der Waals surface area contributed by atoms with Gasteiger partial charge in [-0.2, -0.15) is 9.61 Å². The molecule has 0 aliphatic carbocycles. The molecule has 5 rings (SSSR count). The fourth-order valence-electron chi connectivity index (χ4n) is 4.73. The minimum atomic E-state index is 0.0195. The minimum Gasteiger partial charge on any atom is -0.508 e. The van der Waals surface area contributed by atoms with Gasteiger partial charge in [0.05, 0.1) is 21.3 Å². The Kier molecular flexibility index (Phi) is 6.73. The SMILES string of the molecule is Cc1cc(NCCNC2CCN(c3ccccc3)C2)n2nc(C)c(-c3c(Cl)cc(O)cc3Cl)c2n1. The van der Waals surface area contributed by atoms with Gasteiger partial charge in [0.2, 0.25) is 0 Å². The van der Waals surface area contributed by atoms with Crippen molar-refractivity contribution in [1.82, 2.24) is 19.9 Å². The number of nitrogens with one attached hydrogen (secondary N) is 2. The van der Waals surface area contributed by atoms with Gasteiger partial charge in [-0.3, -0.25) is 0 Å². The summed E-state index contributed by atoms with van der Waals surface area (Å²) < 4.78 is 1.80. The van der Waals surface area contributed by atoms with Gasteiger partial charge in [0.15, 0.2) is 5.65 Å². The van der Waals surface area contributed by atoms with E-state index in [9.17, 15) is 5.11 Å². The lowest BCUT2D eigenvalue weighted by atomic mass is 10.1. The summed E-state index contributed by atoms with van der Waals surface area (Å²) in [7, 11) is 0. The Morgan fingerprint density at radius 3 is 2.51 bits per heavy atom. The Hall–Kier alpha value is -3.00. The van der Waals surface area contributed by atoms with Crippen LogP contribution in [0.3, 0.4) is 0 Å². The van der Waals surface area contributed by atoms with Gasteiger partial charge in [-0.15, -0.1) is 0 Å². The average molecular weight is 511 g/mol. The van der Waals surface area contributed by atoms with E-state index in [0.29, 0.717) is 27.3 Å². The van der Waals surface area contributed by atoms with E-state index in [0.717, 1.165) is 55.4 Å². The molecule has 0 radical (unpaired) electrons. The maximum Gasteiger partial charge on any atom is 0.165 e. The van der Waals surface area contributed by atoms with Crippen LogP contribution in [0.15, 0.2) is 48.5 Å². The number of halogens is 2. The summed E-state index contributed by atoms with van der Waals surface area (Å²) in [6, 6.07) is 16.0. The van der Waals surface area contributed by atoms with E-state index in [1.54, 1.807) is 4.52 Å². The highest BCUT2D eigenvalue weighted by Crippen LogP contribution is 2.41. The van der Waals surface area contributed by atoms with E-state index >= 15 is 0 Å². The molecule has 1 aliphatic heterocycles. The number of aromatic hydroxyl groups is 1. The van der Waals surface area contributed by atoms with Crippen LogP contribution in [-0.4, -0.2) is 51.9 Å². The molecular formula is C26H28Cl2N6O. The molecule has 1 aliphatic rings. The molecule has 0 spiro atoms. The van der Waals surface area contributed by atoms with Crippen molar-refractivity contribution < 1.29 is 5.11 Å². The largest absolute Gasteiger partial charge is 0.508 e. The first-order valence-corrected chi connectivity index (χ1v) is 12.5. The number of hydrogen-bond acceptors (Lipinski definition) is 6. The molecule has 3 heterocycles. The van der Waals surface area contributed by atoms with Crippen molar-refractivity contribution in [3.05, 3.63) is 70.0 Å². The fourth-order valence-corrected chi connectivity index (χ4v) is 5.39. The van der Waals surface area contributed by atoms with Crippen molar-refractivity contribution >= 4 is 40.4 Å². The molecule has 3 N–H and O–H groups in total. The van der Waals surface area contributed by atoms with Gasteiger partial charge >= 0.3 is 0 Å². The van der Waals surface area contributed by atoms with E-state index in [1.165, 1.54) is 17.8 Å². The van der Waals surface area contributed by atoms with Crippen LogP contribution in [0.1, 0.15) is 17.8 Å². The molecule has 35 heavy (non-hydrogen) atoms. The van der Waals surface area contributed by atoms with Gasteiger partial charge in [-0.05, 0) is 44.5 Å². The maximum absolute atomic E-state index is 9.83. The second kappa shape index (κ2) is 9.93. The zero-order chi connectivity index (χ0) is 24.5. The molecule has 2 aromatic heterocycles. The average Bonchev–Trinajstić information content (AvgIpc) is 3.42. The Bertz CT molecular complexity index is 1330. The van der Waals surface area contributed by atoms with Crippen LogP contribution < -0.4 is 15.5 Å². The van der Waals surface area contributed by atoms with Crippen LogP contribution in [0.5, 0.6) is 5.75 Å². The van der Waals surface area contributed by atoms with Crippen LogP contribution >= 0.6 is 23.2 Å². The van der Waals surface area contributed by atoms with Crippen LogP contribution in [0.4, 0.5) is 11.5 Å². The molecule has 2 aromatic carbocycles. The number of benzene rings is 2. The summed E-state index contributed by atoms with van der Waals surface area (Å²) in [4.78, 5) is 7.15. The third-order valence-electron chi connectivity index (χ3n) is 6.34. The highest BCUT2D eigenvalue weighted by atomic mass is 35.5. The van der Waals surface area contributed by atoms with Crippen molar-refractivity contribution in [2.45, 2.75) is 26.3 Å². The summed E-state index contributed by atoms with van der Waals surface area (Å²) in [5, 5.41) is 22.4. The lowest BCUT2D eigenvalue weighted by Gasteiger charge is -2.19. The van der Waals surface area contributed by atoms with E-state index < -0.39 is 0 Å². The fraction of sp³-hybridized carbons (Fsp3) is 0.308. The van der Waals surface area contributed by atoms with Crippen LogP contribution in [-0.2, 0) is 0 Å². The van der Waals surface area contributed by atoms with E-state index in [-0.39, 0.29) is 5.75 Å². The zero-order valence-corrected chi connectivity index (χ0v) is 21.2. The van der Waals surface area contributed by atoms with Crippen molar-refractivity contribution in [3.8, 4) is 16.9 Å². The third kappa shape index (κ3) is 4.89. The molecule has 0 amide bonds. The Morgan fingerprint density at radius 1 is 1.03 bits per heavy atom. The molecule has 0 saturated carbocycles. The number of anilines is 2. The van der Waals surface area contributed by atoms with E-state index in [1.807, 2.05) is 19.9 Å². The number of phenolic OH excluding ortho intramolecular Hbond substituents is 1. The summed E-state index contributed by atoms with van der Waals surface area (Å²) in [5.74, 6) is 0.873. The zero-order valence-electron chi connectivity index (χ0n) is 19.7. The molecule has 0 bridgehead atoms. The number of hydrogen-bond donors (Lipinski definition) is 3. The Balaban J connectivity index is 1.29. The number of phenols is 1. The van der Waals surface area contributed by atoms with Crippen LogP contribution in [0.2, 0.25) is 10.0 Å². The summed E-state index contributed by atoms with van der Waals surface area (Å²) in [6.45, 7) is 7.51. The number of para-hydroxylation sites is 1. The lowest BCUT2D eigenvalue weighted by Crippen LogP contribution is -2.35. The molecule has 182 valence electrons. The molecule has 7 nitrogen and oxygen atoms in total. The highest BCUT2D eigenvalue weighted by molar-refractivity contribution is 6.39. The molecular weight excluding hydrogens is 483 g/mol. The van der Waals surface area contributed by atoms with Crippen molar-refractivity contribution in [1.29, 1.82) is 0 Å². The van der Waals surface area contributed by atoms with Crippen molar-refractivity contribution in [3.63, 3.8) is 0 Å². The molecule has 4 aromatic rings. The topological polar surface area (TPSA) is 77.7 Å². The van der Waals surface area contributed by atoms with Gasteiger partial charge in [0.1, 0.15) is 11.6 Å². The number of aryl methyl sites for hydroxylation is 2. The highest BCUT2D eigenvalue weighted by Gasteiger charge is 2.23. The summed E-state index contributed by atoms with van der Waals surface area (Å²) >= 11 is 12.9. The first-order valence-electron chi connectivity index (χ1n) is 11.7. The summed E-state index contributed by atoms with van der Waals surface area (Å²) in [6.07, 6.45) is 1.13. The Labute approximate surface area is 214 Å². The molecule has 1 saturated heterocycles. The van der Waals surface area contributed by atoms with Gasteiger partial charge in [-0.1, -0.05) is 41.4 Å². The number of nitrogens with zero attached hydrogens (tertiary/aromatic N) is 4. The number of aromatic nitrogens is 3. The third-order valence-corrected chi connectivity index (χ3v) is 6.94. The number of fused-ring (bicyclic) bond motifs is 1. The first-order chi connectivity index (χ1) is 16.9. The standard InChI is InChI=1S/C26H28Cl2N6O/c1-16-12-23(30-10-9-29-18-8-11-33(15-18)19-6-4-3-5-7-19)34-26(31-16)24(17(2)32-34)25-21(27)13-20(35)14-22(25)28/h3-7,12-14,18,29-30,35H,8-11,15H2,1-2H3. The maximum atomic E-state index is 9.83. The molecule has 1 fully saturated rings. The number of rotatable bonds is 7. The van der Waals surface area contributed by atoms with Crippen molar-refractivity contribution in [2.75, 3.05) is 36.4 Å². The van der Waals surface area contributed by atoms with Gasteiger partial charge in [0, 0.05) is 55.2 Å². The second-order valence-corrected chi connectivity index (χ2v) is 9.73. The van der Waals surface area contributed by atoms with Gasteiger partial charge < -0.3 is 20.6 Å². The van der Waals surface area contributed by atoms with Gasteiger partial charge in [-0.25, -0.2) is 4.98 Å². The quantitative estimate of drug-likeness (QED) is 0.292. The molecule has 1 atom stereocenters. The normalized spacial score (nSPS) is 15.8. The first kappa shape index (κ1) is 23.7. The van der Waals surface area contributed by atoms with Crippen molar-refractivity contribution in [2.24, 2.45) is 0 Å². The lowest BCUT2D eigenvalue weighted by molar-refractivity contribution is 0.475. The monoisotopic (exact) mass is 510 g/mol. The predicted octanol–water partition coefficient (Wildman–Crippen LogP) is 5.31. The van der Waals surface area contributed by atoms with Gasteiger partial charge in [0.25, 0.3) is 0 Å². The Morgan fingerprint density at radius 2 is 1.77 bits per heavy atom. The smallest absolute Gasteiger partial charge is 0.165 e. The molecule has 1 unspecified atom stereocenters. The van der Waals surface area contributed by atoms with E-state index in [4.69, 9.17) is 33.3 Å². The van der Waals surface area contributed by atoms with Crippen LogP contribution in [0, 0.1) is 13.8 Å². The summed E-state index contributed by atoms with van der Waals surface area (Å²) in [5.41, 5.74) is 4.94. The second-order valence-electron chi connectivity index (χ2n) is 8.91. The van der Waals surface area contributed by atoms with Crippen LogP contribution in [0.25, 0.3) is 16.8 Å². The predicted molar refractivity (Wildman–Crippen MR) is 143 cm³/mol. The molecule has 9 heteroatoms. The minimum absolute atomic E-state index is 0.0195. The van der Waals surface area contributed by atoms with E-state index in [2.05, 4.69) is 45.9 Å².